The first-order valence-corrected chi connectivity index (χ1v) is 23.0. The van der Waals surface area contributed by atoms with Gasteiger partial charge in [-0.2, -0.15) is 0 Å². The molecule has 1 aromatic carbocycles. The molecule has 0 spiro atoms. The summed E-state index contributed by atoms with van der Waals surface area (Å²) >= 11 is 0. The van der Waals surface area contributed by atoms with E-state index in [1.165, 1.54) is 12.3 Å². The second-order valence-corrected chi connectivity index (χ2v) is 24.8. The quantitative estimate of drug-likeness (QED) is 0.214. The standard InChI is InChI=1S/C40H64N4P2/c1-38(2,3)35-5-4-33(34(16-35)25-45(36-23-41-6-8-43-36)37-24-42-7-9-44-37)26-46(39-17-27-10-28(18-39)12-29(11-27)19-39)40-20-30-13-31(21-40)15-32(14-30)22-40/h4-5,16,27-32,36-37,41-44H,6-15,17-26H2,1-3H3. The predicted molar refractivity (Wildman–Crippen MR) is 198 cm³/mol. The maximum atomic E-state index is 4.02. The molecule has 4 N–H and O–H groups in total. The normalized spacial score (nSPS) is 44.4. The molecule has 8 saturated carbocycles. The van der Waals surface area contributed by atoms with Gasteiger partial charge in [0.05, 0.1) is 0 Å². The van der Waals surface area contributed by atoms with Crippen molar-refractivity contribution in [1.29, 1.82) is 0 Å². The van der Waals surface area contributed by atoms with Gasteiger partial charge in [0.25, 0.3) is 0 Å². The predicted octanol–water partition coefficient (Wildman–Crippen LogP) is 7.92. The van der Waals surface area contributed by atoms with Gasteiger partial charge in [0.2, 0.25) is 0 Å². The monoisotopic (exact) mass is 662 g/mol. The third kappa shape index (κ3) is 5.92. The number of benzene rings is 1. The molecule has 2 saturated heterocycles. The van der Waals surface area contributed by atoms with Gasteiger partial charge in [0.15, 0.2) is 0 Å². The molecule has 46 heavy (non-hydrogen) atoms. The van der Waals surface area contributed by atoms with Gasteiger partial charge in [-0.15, -0.1) is 0 Å². The number of hydrogen-bond donors (Lipinski definition) is 4. The van der Waals surface area contributed by atoms with Crippen LogP contribution in [0.3, 0.4) is 0 Å². The molecule has 2 atom stereocenters. The number of rotatable bonds is 8. The minimum atomic E-state index is -0.257. The van der Waals surface area contributed by atoms with Crippen LogP contribution < -0.4 is 21.3 Å². The summed E-state index contributed by atoms with van der Waals surface area (Å²) in [4.78, 5) is 0. The second-order valence-electron chi connectivity index (χ2n) is 19.1. The Bertz CT molecular complexity index is 1130. The Balaban J connectivity index is 1.11. The first kappa shape index (κ1) is 31.9. The summed E-state index contributed by atoms with van der Waals surface area (Å²) in [5.41, 5.74) is 5.29. The van der Waals surface area contributed by atoms with Crippen molar-refractivity contribution in [3.63, 3.8) is 0 Å². The lowest BCUT2D eigenvalue weighted by Crippen LogP contribution is -2.56. The third-order valence-corrected chi connectivity index (χ3v) is 21.8. The highest BCUT2D eigenvalue weighted by atomic mass is 31.1. The van der Waals surface area contributed by atoms with Crippen LogP contribution in [0.25, 0.3) is 0 Å². The van der Waals surface area contributed by atoms with Crippen LogP contribution in [-0.4, -0.2) is 61.1 Å². The topological polar surface area (TPSA) is 48.1 Å². The average Bonchev–Trinajstić information content (AvgIpc) is 3.02. The van der Waals surface area contributed by atoms with E-state index in [1.54, 1.807) is 93.7 Å². The van der Waals surface area contributed by atoms with E-state index < -0.39 is 0 Å². The Kier molecular flexibility index (Phi) is 8.52. The highest BCUT2D eigenvalue weighted by Crippen LogP contribution is 2.79. The van der Waals surface area contributed by atoms with Crippen LogP contribution in [0.4, 0.5) is 0 Å². The molecule has 10 fully saturated rings. The van der Waals surface area contributed by atoms with Crippen molar-refractivity contribution in [3.05, 3.63) is 34.9 Å². The van der Waals surface area contributed by atoms with Crippen LogP contribution in [-0.2, 0) is 17.7 Å². The fourth-order valence-corrected chi connectivity index (χ4v) is 21.8. The van der Waals surface area contributed by atoms with E-state index >= 15 is 0 Å². The molecule has 11 rings (SSSR count). The fourth-order valence-electron chi connectivity index (χ4n) is 13.6. The summed E-state index contributed by atoms with van der Waals surface area (Å²) in [5, 5.41) is 17.0. The molecule has 6 heteroatoms. The zero-order valence-electron chi connectivity index (χ0n) is 29.4. The highest BCUT2D eigenvalue weighted by Gasteiger charge is 2.62. The Morgan fingerprint density at radius 1 is 0.609 bits per heavy atom. The lowest BCUT2D eigenvalue weighted by Gasteiger charge is -2.67. The molecule has 0 radical (unpaired) electrons. The van der Waals surface area contributed by atoms with Crippen molar-refractivity contribution in [2.45, 2.75) is 137 Å². The first-order valence-electron chi connectivity index (χ1n) is 19.8. The molecule has 8 bridgehead atoms. The molecular formula is C40H64N4P2. The van der Waals surface area contributed by atoms with E-state index in [0.717, 1.165) is 74.8 Å². The first-order chi connectivity index (χ1) is 22.2. The minimum Gasteiger partial charge on any atom is -0.314 e. The number of nitrogens with one attached hydrogen (secondary N) is 4. The largest absolute Gasteiger partial charge is 0.314 e. The van der Waals surface area contributed by atoms with E-state index in [9.17, 15) is 0 Å². The van der Waals surface area contributed by atoms with Gasteiger partial charge >= 0.3 is 0 Å². The molecule has 1 aromatic rings. The molecule has 254 valence electrons. The Morgan fingerprint density at radius 2 is 1.07 bits per heavy atom. The summed E-state index contributed by atoms with van der Waals surface area (Å²) < 4.78 is 0. The minimum absolute atomic E-state index is 0.0418. The summed E-state index contributed by atoms with van der Waals surface area (Å²) in [6, 6.07) is 8.03. The van der Waals surface area contributed by atoms with Crippen molar-refractivity contribution in [3.8, 4) is 0 Å². The second kappa shape index (κ2) is 12.3. The van der Waals surface area contributed by atoms with Crippen molar-refractivity contribution in [1.82, 2.24) is 21.3 Å². The summed E-state index contributed by atoms with van der Waals surface area (Å²) in [5.74, 6) is 7.59. The Hall–Kier alpha value is -0.0800. The lowest BCUT2D eigenvalue weighted by molar-refractivity contribution is 0.0184. The third-order valence-electron chi connectivity index (χ3n) is 14.8. The number of hydrogen-bond acceptors (Lipinski definition) is 4. The molecule has 2 heterocycles. The van der Waals surface area contributed by atoms with Crippen molar-refractivity contribution < 1.29 is 0 Å². The van der Waals surface area contributed by atoms with Crippen molar-refractivity contribution >= 4 is 15.8 Å². The van der Waals surface area contributed by atoms with Crippen LogP contribution >= 0.6 is 15.8 Å². The Morgan fingerprint density at radius 3 is 1.46 bits per heavy atom. The van der Waals surface area contributed by atoms with Gasteiger partial charge < -0.3 is 21.3 Å². The highest BCUT2D eigenvalue weighted by molar-refractivity contribution is 7.60. The van der Waals surface area contributed by atoms with E-state index in [0.29, 0.717) is 21.9 Å². The number of piperazine rings is 2. The van der Waals surface area contributed by atoms with E-state index in [2.05, 4.69) is 60.2 Å². The average molecular weight is 663 g/mol. The van der Waals surface area contributed by atoms with E-state index in [1.807, 2.05) is 0 Å². The molecule has 0 aromatic heterocycles. The van der Waals surface area contributed by atoms with Gasteiger partial charge in [-0.05, 0) is 157 Å². The molecule has 8 aliphatic carbocycles. The summed E-state index contributed by atoms with van der Waals surface area (Å²) in [6.45, 7) is 14.0. The molecule has 4 nitrogen and oxygen atoms in total. The van der Waals surface area contributed by atoms with Crippen molar-refractivity contribution in [2.75, 3.05) is 39.3 Å². The molecule has 2 unspecified atom stereocenters. The molecule has 0 amide bonds. The van der Waals surface area contributed by atoms with E-state index in [4.69, 9.17) is 0 Å². The molecular weight excluding hydrogens is 598 g/mol. The van der Waals surface area contributed by atoms with Gasteiger partial charge in [-0.1, -0.05) is 54.8 Å². The zero-order chi connectivity index (χ0) is 31.1. The molecule has 10 aliphatic rings. The lowest BCUT2D eigenvalue weighted by atomic mass is 9.55. The zero-order valence-corrected chi connectivity index (χ0v) is 31.2. The summed E-state index contributed by atoms with van der Waals surface area (Å²) in [7, 11) is -0.299. The van der Waals surface area contributed by atoms with Gasteiger partial charge in [-0.25, -0.2) is 0 Å². The van der Waals surface area contributed by atoms with Crippen LogP contribution in [0.15, 0.2) is 18.2 Å². The van der Waals surface area contributed by atoms with Gasteiger partial charge in [0, 0.05) is 50.8 Å². The van der Waals surface area contributed by atoms with Crippen LogP contribution in [0.2, 0.25) is 0 Å². The van der Waals surface area contributed by atoms with Gasteiger partial charge in [-0.3, -0.25) is 0 Å². The smallest absolute Gasteiger partial charge is 0.0413 e. The summed E-state index contributed by atoms with van der Waals surface area (Å²) in [6.07, 6.45) is 21.9. The van der Waals surface area contributed by atoms with E-state index in [-0.39, 0.29) is 21.3 Å². The Labute approximate surface area is 283 Å². The maximum absolute atomic E-state index is 4.02. The SMILES string of the molecule is CC(C)(C)c1ccc(CP(C23CC4CC(CC(C4)C2)C3)C23CC4CC(CC(C4)C2)C3)c(CP(C2CNCCN2)C2CNCCN2)c1. The van der Waals surface area contributed by atoms with Crippen LogP contribution in [0, 0.1) is 35.5 Å². The fraction of sp³-hybridized carbons (Fsp3) is 0.850. The van der Waals surface area contributed by atoms with Crippen LogP contribution in [0.5, 0.6) is 0 Å². The molecule has 2 aliphatic heterocycles. The van der Waals surface area contributed by atoms with Crippen LogP contribution in [0.1, 0.15) is 115 Å². The van der Waals surface area contributed by atoms with Gasteiger partial charge in [0.1, 0.15) is 0 Å². The van der Waals surface area contributed by atoms with Crippen molar-refractivity contribution in [2.24, 2.45) is 35.5 Å². The maximum Gasteiger partial charge on any atom is 0.0413 e.